The van der Waals surface area contributed by atoms with E-state index in [-0.39, 0.29) is 11.9 Å². The zero-order chi connectivity index (χ0) is 15.1. The van der Waals surface area contributed by atoms with Gasteiger partial charge in [0.15, 0.2) is 0 Å². The van der Waals surface area contributed by atoms with Crippen molar-refractivity contribution in [1.82, 2.24) is 4.90 Å². The fraction of sp³-hybridized carbons (Fsp3) is 0.611. The van der Waals surface area contributed by atoms with Crippen molar-refractivity contribution in [1.29, 1.82) is 0 Å². The van der Waals surface area contributed by atoms with Crippen molar-refractivity contribution in [2.75, 3.05) is 26.2 Å². The Hall–Kier alpha value is -1.35. The van der Waals surface area contributed by atoms with Crippen LogP contribution in [0.15, 0.2) is 30.3 Å². The molecule has 3 heteroatoms. The molecule has 1 aliphatic heterocycles. The Morgan fingerprint density at radius 3 is 2.86 bits per heavy atom. The van der Waals surface area contributed by atoms with Crippen molar-refractivity contribution in [2.24, 2.45) is 5.92 Å². The van der Waals surface area contributed by atoms with Crippen molar-refractivity contribution >= 4 is 5.97 Å². The quantitative estimate of drug-likeness (QED) is 0.751. The van der Waals surface area contributed by atoms with Crippen LogP contribution in [0.4, 0.5) is 0 Å². The normalized spacial score (nSPS) is 21.0. The lowest BCUT2D eigenvalue weighted by atomic mass is 9.95. The van der Waals surface area contributed by atoms with E-state index in [0.29, 0.717) is 12.5 Å². The number of benzene rings is 1. The SMILES string of the molecule is CCOC(=O)[C@@H]1CCCN(CC[C@@H](C)c2ccccc2)C1. The van der Waals surface area contributed by atoms with Crippen LogP contribution in [0, 0.1) is 5.92 Å². The van der Waals surface area contributed by atoms with Gasteiger partial charge in [-0.05, 0) is 50.8 Å². The van der Waals surface area contributed by atoms with Crippen molar-refractivity contribution in [3.8, 4) is 0 Å². The summed E-state index contributed by atoms with van der Waals surface area (Å²) in [6, 6.07) is 10.7. The first-order valence-electron chi connectivity index (χ1n) is 8.14. The van der Waals surface area contributed by atoms with Gasteiger partial charge in [-0.2, -0.15) is 0 Å². The van der Waals surface area contributed by atoms with E-state index in [4.69, 9.17) is 4.74 Å². The van der Waals surface area contributed by atoms with E-state index >= 15 is 0 Å². The maximum Gasteiger partial charge on any atom is 0.310 e. The summed E-state index contributed by atoms with van der Waals surface area (Å²) in [5.74, 6) is 0.623. The summed E-state index contributed by atoms with van der Waals surface area (Å²) >= 11 is 0. The number of nitrogens with zero attached hydrogens (tertiary/aromatic N) is 1. The highest BCUT2D eigenvalue weighted by Crippen LogP contribution is 2.22. The largest absolute Gasteiger partial charge is 0.466 e. The van der Waals surface area contributed by atoms with Crippen LogP contribution in [0.25, 0.3) is 0 Å². The predicted molar refractivity (Wildman–Crippen MR) is 85.3 cm³/mol. The van der Waals surface area contributed by atoms with Crippen LogP contribution in [-0.2, 0) is 9.53 Å². The highest BCUT2D eigenvalue weighted by atomic mass is 16.5. The van der Waals surface area contributed by atoms with Crippen LogP contribution < -0.4 is 0 Å². The average molecular weight is 289 g/mol. The molecule has 1 heterocycles. The van der Waals surface area contributed by atoms with E-state index in [1.807, 2.05) is 6.92 Å². The number of esters is 1. The molecule has 0 aliphatic carbocycles. The molecule has 0 saturated carbocycles. The molecule has 0 radical (unpaired) electrons. The molecule has 2 rings (SSSR count). The molecular formula is C18H27NO2. The molecule has 0 N–H and O–H groups in total. The molecule has 1 aromatic rings. The second-order valence-corrected chi connectivity index (χ2v) is 5.99. The third-order valence-electron chi connectivity index (χ3n) is 4.37. The summed E-state index contributed by atoms with van der Waals surface area (Å²) in [7, 11) is 0. The zero-order valence-corrected chi connectivity index (χ0v) is 13.3. The molecule has 0 amide bonds. The smallest absolute Gasteiger partial charge is 0.310 e. The van der Waals surface area contributed by atoms with Crippen molar-refractivity contribution in [2.45, 2.75) is 39.0 Å². The van der Waals surface area contributed by atoms with E-state index in [0.717, 1.165) is 38.9 Å². The summed E-state index contributed by atoms with van der Waals surface area (Å²) in [5.41, 5.74) is 1.40. The molecule has 116 valence electrons. The second-order valence-electron chi connectivity index (χ2n) is 5.99. The molecule has 1 fully saturated rings. The molecule has 1 saturated heterocycles. The Kier molecular flexibility index (Phi) is 6.24. The summed E-state index contributed by atoms with van der Waals surface area (Å²) in [6.07, 6.45) is 3.21. The number of ether oxygens (including phenoxy) is 1. The van der Waals surface area contributed by atoms with E-state index in [9.17, 15) is 4.79 Å². The Morgan fingerprint density at radius 2 is 2.14 bits per heavy atom. The van der Waals surface area contributed by atoms with E-state index in [1.165, 1.54) is 5.56 Å². The summed E-state index contributed by atoms with van der Waals surface area (Å²) in [6.45, 7) is 7.67. The van der Waals surface area contributed by atoms with E-state index in [2.05, 4.69) is 42.2 Å². The Balaban J connectivity index is 1.79. The maximum absolute atomic E-state index is 11.9. The molecular weight excluding hydrogens is 262 g/mol. The molecule has 0 unspecified atom stereocenters. The van der Waals surface area contributed by atoms with Gasteiger partial charge in [0.05, 0.1) is 12.5 Å². The first-order valence-corrected chi connectivity index (χ1v) is 8.14. The van der Waals surface area contributed by atoms with Crippen molar-refractivity contribution < 1.29 is 9.53 Å². The van der Waals surface area contributed by atoms with Gasteiger partial charge in [-0.3, -0.25) is 4.79 Å². The number of carbonyl (C=O) groups excluding carboxylic acids is 1. The highest BCUT2D eigenvalue weighted by molar-refractivity contribution is 5.72. The van der Waals surface area contributed by atoms with Gasteiger partial charge >= 0.3 is 5.97 Å². The molecule has 0 spiro atoms. The van der Waals surface area contributed by atoms with Gasteiger partial charge in [0.2, 0.25) is 0 Å². The minimum atomic E-state index is -0.0155. The maximum atomic E-state index is 11.9. The fourth-order valence-corrected chi connectivity index (χ4v) is 3.04. The number of likely N-dealkylation sites (tertiary alicyclic amines) is 1. The highest BCUT2D eigenvalue weighted by Gasteiger charge is 2.26. The number of rotatable bonds is 6. The van der Waals surface area contributed by atoms with Crippen LogP contribution in [0.1, 0.15) is 44.6 Å². The van der Waals surface area contributed by atoms with Gasteiger partial charge in [0.1, 0.15) is 0 Å². The summed E-state index contributed by atoms with van der Waals surface area (Å²) < 4.78 is 5.16. The minimum absolute atomic E-state index is 0.0155. The van der Waals surface area contributed by atoms with Crippen LogP contribution >= 0.6 is 0 Å². The first kappa shape index (κ1) is 16.0. The first-order chi connectivity index (χ1) is 10.2. The van der Waals surface area contributed by atoms with Gasteiger partial charge in [-0.15, -0.1) is 0 Å². The zero-order valence-electron chi connectivity index (χ0n) is 13.3. The molecule has 0 bridgehead atoms. The summed E-state index contributed by atoms with van der Waals surface area (Å²) in [4.78, 5) is 14.3. The van der Waals surface area contributed by atoms with Crippen molar-refractivity contribution in [3.05, 3.63) is 35.9 Å². The fourth-order valence-electron chi connectivity index (χ4n) is 3.04. The third-order valence-corrected chi connectivity index (χ3v) is 4.37. The van der Waals surface area contributed by atoms with Gasteiger partial charge in [-0.25, -0.2) is 0 Å². The number of piperidine rings is 1. The molecule has 3 nitrogen and oxygen atoms in total. The minimum Gasteiger partial charge on any atom is -0.466 e. The standard InChI is InChI=1S/C18H27NO2/c1-3-21-18(20)17-10-7-12-19(14-17)13-11-15(2)16-8-5-4-6-9-16/h4-6,8-9,15,17H,3,7,10-14H2,1-2H3/t15-,17-/m1/s1. The molecule has 1 aliphatic rings. The molecule has 1 aromatic carbocycles. The number of carbonyl (C=O) groups is 1. The van der Waals surface area contributed by atoms with Crippen LogP contribution in [0.2, 0.25) is 0 Å². The van der Waals surface area contributed by atoms with Gasteiger partial charge in [0, 0.05) is 6.54 Å². The molecule has 2 atom stereocenters. The van der Waals surface area contributed by atoms with Crippen molar-refractivity contribution in [3.63, 3.8) is 0 Å². The predicted octanol–water partition coefficient (Wildman–Crippen LogP) is 3.46. The van der Waals surface area contributed by atoms with Gasteiger partial charge < -0.3 is 9.64 Å². The van der Waals surface area contributed by atoms with Crippen LogP contribution in [0.5, 0.6) is 0 Å². The monoisotopic (exact) mass is 289 g/mol. The van der Waals surface area contributed by atoms with Crippen LogP contribution in [0.3, 0.4) is 0 Å². The topological polar surface area (TPSA) is 29.5 Å². The van der Waals surface area contributed by atoms with Gasteiger partial charge in [0.25, 0.3) is 0 Å². The number of hydrogen-bond acceptors (Lipinski definition) is 3. The Bertz CT molecular complexity index is 432. The lowest BCUT2D eigenvalue weighted by Crippen LogP contribution is -2.40. The Labute approximate surface area is 128 Å². The summed E-state index contributed by atoms with van der Waals surface area (Å²) in [5, 5.41) is 0. The number of hydrogen-bond donors (Lipinski definition) is 0. The lowest BCUT2D eigenvalue weighted by Gasteiger charge is -2.32. The Morgan fingerprint density at radius 1 is 1.38 bits per heavy atom. The molecule has 0 aromatic heterocycles. The lowest BCUT2D eigenvalue weighted by molar-refractivity contribution is -0.149. The van der Waals surface area contributed by atoms with E-state index < -0.39 is 0 Å². The average Bonchev–Trinajstić information content (AvgIpc) is 2.54. The third kappa shape index (κ3) is 4.85. The second kappa shape index (κ2) is 8.18. The van der Waals surface area contributed by atoms with Gasteiger partial charge in [-0.1, -0.05) is 37.3 Å². The van der Waals surface area contributed by atoms with Crippen LogP contribution in [-0.4, -0.2) is 37.1 Å². The van der Waals surface area contributed by atoms with E-state index in [1.54, 1.807) is 0 Å². The molecule has 21 heavy (non-hydrogen) atoms.